The van der Waals surface area contributed by atoms with E-state index in [9.17, 15) is 0 Å². The smallest absolute Gasteiger partial charge is 0.171 e. The molecule has 5 heteroatoms. The molecule has 0 saturated carbocycles. The van der Waals surface area contributed by atoms with Crippen molar-refractivity contribution in [3.05, 3.63) is 64.9 Å². The highest BCUT2D eigenvalue weighted by Crippen LogP contribution is 2.30. The number of thiocarbonyl (C=S) groups is 1. The van der Waals surface area contributed by atoms with Crippen LogP contribution in [0.3, 0.4) is 0 Å². The van der Waals surface area contributed by atoms with Gasteiger partial charge < -0.3 is 15.1 Å². The number of benzene rings is 2. The van der Waals surface area contributed by atoms with Gasteiger partial charge in [-0.25, -0.2) is 0 Å². The average Bonchev–Trinajstić information content (AvgIpc) is 3.20. The van der Waals surface area contributed by atoms with Crippen LogP contribution in [0.25, 0.3) is 21.9 Å². The normalized spacial score (nSPS) is 11.0. The van der Waals surface area contributed by atoms with Crippen molar-refractivity contribution in [2.75, 3.05) is 5.32 Å². The lowest BCUT2D eigenvalue weighted by atomic mass is 10.1. The van der Waals surface area contributed by atoms with Gasteiger partial charge >= 0.3 is 0 Å². The van der Waals surface area contributed by atoms with Gasteiger partial charge in [0, 0.05) is 27.4 Å². The zero-order valence-corrected chi connectivity index (χ0v) is 13.8. The molecule has 3 nitrogen and oxygen atoms in total. The standard InChI is InChI=1S/C18H14N2OS2/c22-18(19-11-13-4-3-9-23-13)20-12-7-8-15-14-5-1-2-6-16(14)21-17(15)10-12/h1-10H,11H2,(H2,19,20,22). The van der Waals surface area contributed by atoms with Crippen molar-refractivity contribution in [3.8, 4) is 0 Å². The SMILES string of the molecule is S=C(NCc1cccs1)Nc1ccc2c(c1)oc1ccccc12. The van der Waals surface area contributed by atoms with E-state index >= 15 is 0 Å². The Morgan fingerprint density at radius 3 is 2.74 bits per heavy atom. The minimum Gasteiger partial charge on any atom is -0.456 e. The van der Waals surface area contributed by atoms with Crippen LogP contribution in [0, 0.1) is 0 Å². The third-order valence-corrected chi connectivity index (χ3v) is 4.76. The molecule has 23 heavy (non-hydrogen) atoms. The van der Waals surface area contributed by atoms with Crippen molar-refractivity contribution in [1.82, 2.24) is 5.32 Å². The summed E-state index contributed by atoms with van der Waals surface area (Å²) in [5, 5.41) is 11.3. The number of hydrogen-bond donors (Lipinski definition) is 2. The van der Waals surface area contributed by atoms with Gasteiger partial charge in [-0.3, -0.25) is 0 Å². The van der Waals surface area contributed by atoms with Gasteiger partial charge in [0.1, 0.15) is 11.2 Å². The van der Waals surface area contributed by atoms with Gasteiger partial charge in [-0.05, 0) is 41.9 Å². The fourth-order valence-electron chi connectivity index (χ4n) is 2.56. The third-order valence-electron chi connectivity index (χ3n) is 3.64. The first-order chi connectivity index (χ1) is 11.3. The molecule has 2 aromatic carbocycles. The van der Waals surface area contributed by atoms with Gasteiger partial charge in [0.05, 0.1) is 6.54 Å². The van der Waals surface area contributed by atoms with Crippen molar-refractivity contribution in [2.45, 2.75) is 6.54 Å². The van der Waals surface area contributed by atoms with Crippen molar-refractivity contribution in [2.24, 2.45) is 0 Å². The van der Waals surface area contributed by atoms with Crippen LogP contribution in [-0.2, 0) is 6.54 Å². The molecule has 2 aromatic heterocycles. The summed E-state index contributed by atoms with van der Waals surface area (Å²) in [6.07, 6.45) is 0. The van der Waals surface area contributed by atoms with E-state index in [-0.39, 0.29) is 0 Å². The summed E-state index contributed by atoms with van der Waals surface area (Å²) in [6, 6.07) is 18.2. The molecule has 4 aromatic rings. The minimum atomic E-state index is 0.605. The van der Waals surface area contributed by atoms with Crippen LogP contribution in [0.2, 0.25) is 0 Å². The first kappa shape index (κ1) is 14.2. The number of fused-ring (bicyclic) bond motifs is 3. The molecular weight excluding hydrogens is 324 g/mol. The van der Waals surface area contributed by atoms with E-state index in [0.717, 1.165) is 34.2 Å². The maximum Gasteiger partial charge on any atom is 0.171 e. The van der Waals surface area contributed by atoms with Crippen LogP contribution in [0.15, 0.2) is 64.4 Å². The van der Waals surface area contributed by atoms with E-state index in [2.05, 4.69) is 34.2 Å². The Morgan fingerprint density at radius 2 is 1.87 bits per heavy atom. The van der Waals surface area contributed by atoms with Crippen LogP contribution < -0.4 is 10.6 Å². The quantitative estimate of drug-likeness (QED) is 0.508. The molecule has 0 amide bonds. The summed E-state index contributed by atoms with van der Waals surface area (Å²) < 4.78 is 5.89. The Bertz CT molecular complexity index is 973. The van der Waals surface area contributed by atoms with Crippen LogP contribution in [0.5, 0.6) is 0 Å². The van der Waals surface area contributed by atoms with Crippen molar-refractivity contribution in [3.63, 3.8) is 0 Å². The number of anilines is 1. The molecule has 0 fully saturated rings. The fraction of sp³-hybridized carbons (Fsp3) is 0.0556. The lowest BCUT2D eigenvalue weighted by molar-refractivity contribution is 0.669. The molecule has 0 atom stereocenters. The zero-order chi connectivity index (χ0) is 15.6. The molecule has 0 spiro atoms. The van der Waals surface area contributed by atoms with E-state index in [0.29, 0.717) is 5.11 Å². The number of thiophene rings is 1. The Balaban J connectivity index is 1.52. The van der Waals surface area contributed by atoms with Crippen LogP contribution in [-0.4, -0.2) is 5.11 Å². The first-order valence-corrected chi connectivity index (χ1v) is 8.57. The predicted octanol–water partition coefficient (Wildman–Crippen LogP) is 5.13. The topological polar surface area (TPSA) is 37.2 Å². The van der Waals surface area contributed by atoms with Gasteiger partial charge in [0.15, 0.2) is 5.11 Å². The molecule has 2 N–H and O–H groups in total. The highest BCUT2D eigenvalue weighted by molar-refractivity contribution is 7.80. The fourth-order valence-corrected chi connectivity index (χ4v) is 3.39. The summed E-state index contributed by atoms with van der Waals surface area (Å²) in [5.74, 6) is 0. The number of hydrogen-bond acceptors (Lipinski definition) is 3. The van der Waals surface area contributed by atoms with Gasteiger partial charge in [-0.1, -0.05) is 24.3 Å². The number of para-hydroxylation sites is 1. The van der Waals surface area contributed by atoms with Gasteiger partial charge in [-0.2, -0.15) is 0 Å². The first-order valence-electron chi connectivity index (χ1n) is 7.28. The van der Waals surface area contributed by atoms with Crippen LogP contribution >= 0.6 is 23.6 Å². The third kappa shape index (κ3) is 2.93. The second-order valence-electron chi connectivity index (χ2n) is 5.20. The number of rotatable bonds is 3. The molecule has 0 aliphatic rings. The summed E-state index contributed by atoms with van der Waals surface area (Å²) >= 11 is 7.06. The monoisotopic (exact) mass is 338 g/mol. The second kappa shape index (κ2) is 6.02. The van der Waals surface area contributed by atoms with Gasteiger partial charge in [-0.15, -0.1) is 11.3 Å². The van der Waals surface area contributed by atoms with Crippen LogP contribution in [0.1, 0.15) is 4.88 Å². The molecule has 0 radical (unpaired) electrons. The van der Waals surface area contributed by atoms with Crippen molar-refractivity contribution in [1.29, 1.82) is 0 Å². The van der Waals surface area contributed by atoms with E-state index in [1.54, 1.807) is 11.3 Å². The van der Waals surface area contributed by atoms with Crippen LogP contribution in [0.4, 0.5) is 5.69 Å². The Kier molecular flexibility index (Phi) is 3.73. The Morgan fingerprint density at radius 1 is 1.00 bits per heavy atom. The summed E-state index contributed by atoms with van der Waals surface area (Å²) in [6.45, 7) is 0.733. The lowest BCUT2D eigenvalue weighted by Crippen LogP contribution is -2.27. The average molecular weight is 338 g/mol. The van der Waals surface area contributed by atoms with Gasteiger partial charge in [0.25, 0.3) is 0 Å². The summed E-state index contributed by atoms with van der Waals surface area (Å²) in [4.78, 5) is 1.25. The van der Waals surface area contributed by atoms with E-state index < -0.39 is 0 Å². The number of nitrogens with one attached hydrogen (secondary N) is 2. The molecule has 114 valence electrons. The largest absolute Gasteiger partial charge is 0.456 e. The van der Waals surface area contributed by atoms with E-state index in [1.165, 1.54) is 4.88 Å². The summed E-state index contributed by atoms with van der Waals surface area (Å²) in [7, 11) is 0. The molecule has 0 unspecified atom stereocenters. The molecule has 0 bridgehead atoms. The lowest BCUT2D eigenvalue weighted by Gasteiger charge is -2.09. The molecule has 0 saturated heterocycles. The zero-order valence-electron chi connectivity index (χ0n) is 12.2. The second-order valence-corrected chi connectivity index (χ2v) is 6.64. The van der Waals surface area contributed by atoms with Crippen molar-refractivity contribution < 1.29 is 4.42 Å². The van der Waals surface area contributed by atoms with E-state index in [4.69, 9.17) is 16.6 Å². The Hall–Kier alpha value is -2.37. The maximum atomic E-state index is 5.89. The molecule has 2 heterocycles. The summed E-state index contributed by atoms with van der Waals surface area (Å²) in [5.41, 5.74) is 2.68. The minimum absolute atomic E-state index is 0.605. The predicted molar refractivity (Wildman–Crippen MR) is 101 cm³/mol. The molecule has 0 aliphatic carbocycles. The highest BCUT2D eigenvalue weighted by atomic mass is 32.1. The maximum absolute atomic E-state index is 5.89. The molecular formula is C18H14N2OS2. The number of furan rings is 1. The van der Waals surface area contributed by atoms with Crippen molar-refractivity contribution >= 4 is 56.3 Å². The van der Waals surface area contributed by atoms with E-state index in [1.807, 2.05) is 36.4 Å². The Labute approximate surface area is 142 Å². The molecule has 0 aliphatic heterocycles. The van der Waals surface area contributed by atoms with Gasteiger partial charge in [0.2, 0.25) is 0 Å². The molecule has 4 rings (SSSR count). The highest BCUT2D eigenvalue weighted by Gasteiger charge is 2.07.